The summed E-state index contributed by atoms with van der Waals surface area (Å²) < 4.78 is 107. The first kappa shape index (κ1) is 28.1. The van der Waals surface area contributed by atoms with Crippen LogP contribution in [0.3, 0.4) is 0 Å². The zero-order chi connectivity index (χ0) is 29.0. The highest BCUT2D eigenvalue weighted by molar-refractivity contribution is 7.17. The predicted octanol–water partition coefficient (Wildman–Crippen LogP) is 9.31. The number of rotatable bonds is 7. The Morgan fingerprint density at radius 3 is 1.45 bits per heavy atom. The molecule has 0 fully saturated rings. The molecular formula is C29H22F6O3S2. The molecular weight excluding hydrogens is 574 g/mol. The van der Waals surface area contributed by atoms with Crippen LogP contribution < -0.4 is 14.2 Å². The molecule has 0 radical (unpaired) electrons. The minimum absolute atomic E-state index is 0.185. The lowest BCUT2D eigenvalue weighted by Gasteiger charge is -2.25. The Balaban J connectivity index is 1.74. The van der Waals surface area contributed by atoms with Crippen LogP contribution in [0.5, 0.6) is 16.6 Å². The topological polar surface area (TPSA) is 27.7 Å². The van der Waals surface area contributed by atoms with Gasteiger partial charge in [0.2, 0.25) is 0 Å². The van der Waals surface area contributed by atoms with Gasteiger partial charge in [-0.1, -0.05) is 11.3 Å². The Kier molecular flexibility index (Phi) is 6.94. The Bertz CT molecular complexity index is 1580. The van der Waals surface area contributed by atoms with E-state index in [2.05, 4.69) is 0 Å². The van der Waals surface area contributed by atoms with Crippen LogP contribution in [-0.4, -0.2) is 39.1 Å². The van der Waals surface area contributed by atoms with Crippen molar-refractivity contribution in [2.75, 3.05) is 21.3 Å². The zero-order valence-corrected chi connectivity index (χ0v) is 23.2. The number of allylic oxidation sites excluding steroid dienone is 2. The number of benzene rings is 2. The molecule has 4 aromatic rings. The van der Waals surface area contributed by atoms with Gasteiger partial charge in [0.25, 0.3) is 0 Å². The maximum Gasteiger partial charge on any atom is 0.380 e. The van der Waals surface area contributed by atoms with Gasteiger partial charge in [-0.15, -0.1) is 11.3 Å². The number of methoxy groups -OCH3 is 3. The van der Waals surface area contributed by atoms with E-state index in [1.807, 2.05) is 0 Å². The van der Waals surface area contributed by atoms with E-state index < -0.39 is 34.5 Å². The molecule has 0 bridgehead atoms. The van der Waals surface area contributed by atoms with Crippen molar-refractivity contribution >= 4 is 33.8 Å². The molecule has 2 aromatic carbocycles. The molecule has 0 atom stereocenters. The smallest absolute Gasteiger partial charge is 0.380 e. The summed E-state index contributed by atoms with van der Waals surface area (Å²) in [5, 5.41) is -0.185. The van der Waals surface area contributed by atoms with Gasteiger partial charge in [-0.25, -0.2) is 0 Å². The minimum atomic E-state index is -5.67. The standard InChI is InChI=1S/C29H22F6O3S2/c1-15-20(13-22(39-15)16-5-9-18(36-2)10-6-16)24-25(28(32,33)29(34,35)27(24,30)31)21-14-23(40-26(21)38-4)17-7-11-19(37-3)12-8-17/h5-14H,1-4H3. The third-order valence-electron chi connectivity index (χ3n) is 6.76. The summed E-state index contributed by atoms with van der Waals surface area (Å²) in [6, 6.07) is 15.6. The van der Waals surface area contributed by atoms with Gasteiger partial charge < -0.3 is 14.2 Å². The van der Waals surface area contributed by atoms with Crippen LogP contribution in [0.4, 0.5) is 26.3 Å². The first-order valence-corrected chi connectivity index (χ1v) is 13.5. The second-order valence-electron chi connectivity index (χ2n) is 9.03. The molecule has 0 unspecified atom stereocenters. The van der Waals surface area contributed by atoms with E-state index in [0.29, 0.717) is 32.4 Å². The number of aryl methyl sites for hydroxylation is 1. The fraction of sp³-hybridized carbons (Fsp3) is 0.241. The highest BCUT2D eigenvalue weighted by atomic mass is 32.1. The lowest BCUT2D eigenvalue weighted by Crippen LogP contribution is -2.48. The maximum atomic E-state index is 15.5. The average Bonchev–Trinajstić information content (AvgIpc) is 3.56. The molecule has 2 heterocycles. The molecule has 11 heteroatoms. The lowest BCUT2D eigenvalue weighted by atomic mass is 9.95. The van der Waals surface area contributed by atoms with Crippen molar-refractivity contribution < 1.29 is 40.6 Å². The van der Waals surface area contributed by atoms with Gasteiger partial charge in [0, 0.05) is 31.3 Å². The third-order valence-corrected chi connectivity index (χ3v) is 9.00. The molecule has 1 aliphatic carbocycles. The van der Waals surface area contributed by atoms with Crippen molar-refractivity contribution in [2.24, 2.45) is 0 Å². The van der Waals surface area contributed by atoms with Crippen LogP contribution in [-0.2, 0) is 0 Å². The third kappa shape index (κ3) is 4.17. The highest BCUT2D eigenvalue weighted by Gasteiger charge is 2.80. The Labute approximate surface area is 234 Å². The molecule has 0 saturated heterocycles. The first-order valence-electron chi connectivity index (χ1n) is 11.8. The minimum Gasteiger partial charge on any atom is -0.497 e. The fourth-order valence-electron chi connectivity index (χ4n) is 4.66. The molecule has 0 spiro atoms. The van der Waals surface area contributed by atoms with Gasteiger partial charge in [0.15, 0.2) is 5.06 Å². The molecule has 0 saturated carbocycles. The molecule has 0 aliphatic heterocycles. The average molecular weight is 597 g/mol. The molecule has 2 aromatic heterocycles. The molecule has 0 amide bonds. The van der Waals surface area contributed by atoms with Crippen LogP contribution in [0, 0.1) is 6.92 Å². The SMILES string of the molecule is COc1ccc(-c2cc(C3=C(c4cc(-c5ccc(OC)cc5)sc4OC)C(F)(F)C(F)(F)C3(F)F)c(C)s2)cc1. The number of hydrogen-bond acceptors (Lipinski definition) is 5. The highest BCUT2D eigenvalue weighted by Crippen LogP contribution is 2.66. The van der Waals surface area contributed by atoms with Crippen molar-refractivity contribution in [3.63, 3.8) is 0 Å². The summed E-state index contributed by atoms with van der Waals surface area (Å²) in [4.78, 5) is 1.01. The van der Waals surface area contributed by atoms with Crippen molar-refractivity contribution in [1.82, 2.24) is 0 Å². The van der Waals surface area contributed by atoms with E-state index in [1.165, 1.54) is 40.4 Å². The summed E-state index contributed by atoms with van der Waals surface area (Å²) in [5.74, 6) is -14.9. The van der Waals surface area contributed by atoms with Crippen LogP contribution in [0.1, 0.15) is 16.0 Å². The maximum absolute atomic E-state index is 15.5. The lowest BCUT2D eigenvalue weighted by molar-refractivity contribution is -0.254. The summed E-state index contributed by atoms with van der Waals surface area (Å²) in [6.45, 7) is 1.44. The number of halogens is 6. The summed E-state index contributed by atoms with van der Waals surface area (Å²) >= 11 is 1.93. The van der Waals surface area contributed by atoms with Crippen LogP contribution >= 0.6 is 22.7 Å². The second kappa shape index (κ2) is 9.88. The van der Waals surface area contributed by atoms with Crippen LogP contribution in [0.2, 0.25) is 0 Å². The van der Waals surface area contributed by atoms with Crippen molar-refractivity contribution in [1.29, 1.82) is 0 Å². The molecule has 5 rings (SSSR count). The van der Waals surface area contributed by atoms with E-state index in [0.717, 1.165) is 22.7 Å². The van der Waals surface area contributed by atoms with E-state index >= 15 is 17.6 Å². The van der Waals surface area contributed by atoms with Gasteiger partial charge in [-0.2, -0.15) is 26.3 Å². The Hall–Kier alpha value is -3.44. The number of hydrogen-bond donors (Lipinski definition) is 0. The molecule has 40 heavy (non-hydrogen) atoms. The molecule has 210 valence electrons. The molecule has 1 aliphatic rings. The van der Waals surface area contributed by atoms with Gasteiger partial charge in [0.05, 0.1) is 21.3 Å². The van der Waals surface area contributed by atoms with Crippen LogP contribution in [0.25, 0.3) is 32.0 Å². The van der Waals surface area contributed by atoms with Gasteiger partial charge >= 0.3 is 17.8 Å². The quantitative estimate of drug-likeness (QED) is 0.199. The van der Waals surface area contributed by atoms with Gasteiger partial charge in [0.1, 0.15) is 11.5 Å². The van der Waals surface area contributed by atoms with Crippen molar-refractivity contribution in [2.45, 2.75) is 24.7 Å². The monoisotopic (exact) mass is 596 g/mol. The number of ether oxygens (including phenoxy) is 3. The van der Waals surface area contributed by atoms with Gasteiger partial charge in [-0.3, -0.25) is 0 Å². The zero-order valence-electron chi connectivity index (χ0n) is 21.6. The fourth-order valence-corrected chi connectivity index (χ4v) is 6.67. The molecule has 0 N–H and O–H groups in total. The van der Waals surface area contributed by atoms with E-state index in [4.69, 9.17) is 14.2 Å². The van der Waals surface area contributed by atoms with E-state index in [-0.39, 0.29) is 15.5 Å². The Morgan fingerprint density at radius 1 is 0.575 bits per heavy atom. The van der Waals surface area contributed by atoms with E-state index in [9.17, 15) is 8.78 Å². The summed E-state index contributed by atoms with van der Waals surface area (Å²) in [6.07, 6.45) is 0. The number of thiophene rings is 2. The Morgan fingerprint density at radius 2 is 1.00 bits per heavy atom. The van der Waals surface area contributed by atoms with Crippen molar-refractivity contribution in [3.05, 3.63) is 76.7 Å². The number of alkyl halides is 6. The summed E-state index contributed by atoms with van der Waals surface area (Å²) in [5.41, 5.74) is -2.59. The second-order valence-corrected chi connectivity index (χ2v) is 11.3. The van der Waals surface area contributed by atoms with Gasteiger partial charge in [-0.05, 0) is 84.3 Å². The summed E-state index contributed by atoms with van der Waals surface area (Å²) in [7, 11) is 4.14. The first-order chi connectivity index (χ1) is 18.9. The van der Waals surface area contributed by atoms with Crippen LogP contribution in [0.15, 0.2) is 60.7 Å². The molecule has 3 nitrogen and oxygen atoms in total. The predicted molar refractivity (Wildman–Crippen MR) is 146 cm³/mol. The van der Waals surface area contributed by atoms with E-state index in [1.54, 1.807) is 48.5 Å². The van der Waals surface area contributed by atoms with Crippen molar-refractivity contribution in [3.8, 4) is 37.4 Å². The normalized spacial score (nSPS) is 17.2. The largest absolute Gasteiger partial charge is 0.497 e.